The SMILES string of the molecule is CC(C)C(CNC(=O)C1CCN(c2ccc3nnc(C(F)(F)F)n3n2)CC1)c1ccccc1. The summed E-state index contributed by atoms with van der Waals surface area (Å²) in [6.07, 6.45) is -3.42. The minimum atomic E-state index is -4.64. The van der Waals surface area contributed by atoms with Gasteiger partial charge in [0.05, 0.1) is 0 Å². The van der Waals surface area contributed by atoms with E-state index in [-0.39, 0.29) is 23.4 Å². The summed E-state index contributed by atoms with van der Waals surface area (Å²) in [5, 5.41) is 14.0. The van der Waals surface area contributed by atoms with E-state index in [1.165, 1.54) is 11.6 Å². The number of halogens is 3. The number of nitrogens with one attached hydrogen (secondary N) is 1. The molecule has 176 valence electrons. The maximum atomic E-state index is 13.1. The molecule has 0 aliphatic carbocycles. The summed E-state index contributed by atoms with van der Waals surface area (Å²) in [7, 11) is 0. The van der Waals surface area contributed by atoms with E-state index in [2.05, 4.69) is 46.6 Å². The second kappa shape index (κ2) is 9.36. The predicted molar refractivity (Wildman–Crippen MR) is 118 cm³/mol. The third-order valence-electron chi connectivity index (χ3n) is 6.22. The van der Waals surface area contributed by atoms with Gasteiger partial charge in [-0.1, -0.05) is 44.2 Å². The van der Waals surface area contributed by atoms with Gasteiger partial charge < -0.3 is 10.2 Å². The number of carbonyl (C=O) groups excluding carboxylic acids is 1. The van der Waals surface area contributed by atoms with E-state index in [1.54, 1.807) is 6.07 Å². The number of piperidine rings is 1. The highest BCUT2D eigenvalue weighted by atomic mass is 19.4. The van der Waals surface area contributed by atoms with Crippen LogP contribution < -0.4 is 10.2 Å². The molecule has 1 atom stereocenters. The molecule has 0 saturated carbocycles. The Kier molecular flexibility index (Phi) is 6.53. The van der Waals surface area contributed by atoms with Gasteiger partial charge in [-0.15, -0.1) is 15.3 Å². The molecule has 33 heavy (non-hydrogen) atoms. The van der Waals surface area contributed by atoms with Gasteiger partial charge in [-0.05, 0) is 36.5 Å². The smallest absolute Gasteiger partial charge is 0.355 e. The molecule has 4 rings (SSSR count). The Labute approximate surface area is 190 Å². The summed E-state index contributed by atoms with van der Waals surface area (Å²) in [4.78, 5) is 14.7. The van der Waals surface area contributed by atoms with Crippen molar-refractivity contribution in [3.8, 4) is 0 Å². The summed E-state index contributed by atoms with van der Waals surface area (Å²) < 4.78 is 40.1. The molecule has 1 aliphatic heterocycles. The molecule has 1 saturated heterocycles. The normalized spacial score (nSPS) is 16.4. The summed E-state index contributed by atoms with van der Waals surface area (Å²) >= 11 is 0. The molecule has 10 heteroatoms. The van der Waals surface area contributed by atoms with Gasteiger partial charge in [0.2, 0.25) is 5.91 Å². The largest absolute Gasteiger partial charge is 0.453 e. The highest BCUT2D eigenvalue weighted by Gasteiger charge is 2.38. The van der Waals surface area contributed by atoms with Crippen molar-refractivity contribution in [3.63, 3.8) is 0 Å². The van der Waals surface area contributed by atoms with Gasteiger partial charge in [0, 0.05) is 31.5 Å². The van der Waals surface area contributed by atoms with E-state index >= 15 is 0 Å². The number of rotatable bonds is 6. The Bertz CT molecular complexity index is 1090. The van der Waals surface area contributed by atoms with E-state index in [4.69, 9.17) is 0 Å². The first kappa shape index (κ1) is 23.0. The number of benzene rings is 1. The average Bonchev–Trinajstić information content (AvgIpc) is 3.23. The van der Waals surface area contributed by atoms with Crippen LogP contribution in [-0.2, 0) is 11.0 Å². The fourth-order valence-electron chi connectivity index (χ4n) is 4.29. The van der Waals surface area contributed by atoms with Crippen LogP contribution in [0.1, 0.15) is 44.0 Å². The Morgan fingerprint density at radius 2 is 1.79 bits per heavy atom. The number of carbonyl (C=O) groups is 1. The molecular weight excluding hydrogens is 433 g/mol. The Morgan fingerprint density at radius 3 is 2.42 bits per heavy atom. The molecule has 0 spiro atoms. The summed E-state index contributed by atoms with van der Waals surface area (Å²) in [6, 6.07) is 13.3. The molecule has 3 heterocycles. The van der Waals surface area contributed by atoms with Gasteiger partial charge in [-0.2, -0.15) is 17.7 Å². The zero-order valence-electron chi connectivity index (χ0n) is 18.6. The van der Waals surface area contributed by atoms with Crippen molar-refractivity contribution in [1.82, 2.24) is 25.1 Å². The molecule has 1 N–H and O–H groups in total. The lowest BCUT2D eigenvalue weighted by Crippen LogP contribution is -2.42. The molecule has 0 bridgehead atoms. The maximum absolute atomic E-state index is 13.1. The van der Waals surface area contributed by atoms with Gasteiger partial charge >= 0.3 is 6.18 Å². The van der Waals surface area contributed by atoms with Crippen molar-refractivity contribution in [2.45, 2.75) is 38.8 Å². The molecule has 1 aliphatic rings. The van der Waals surface area contributed by atoms with Crippen molar-refractivity contribution in [1.29, 1.82) is 0 Å². The van der Waals surface area contributed by atoms with Crippen LogP contribution >= 0.6 is 0 Å². The van der Waals surface area contributed by atoms with E-state index in [1.807, 2.05) is 23.1 Å². The van der Waals surface area contributed by atoms with Crippen molar-refractivity contribution in [3.05, 3.63) is 53.9 Å². The number of alkyl halides is 3. The molecule has 1 amide bonds. The number of hydrogen-bond acceptors (Lipinski definition) is 5. The highest BCUT2D eigenvalue weighted by Crippen LogP contribution is 2.29. The van der Waals surface area contributed by atoms with Crippen LogP contribution in [0, 0.1) is 11.8 Å². The van der Waals surface area contributed by atoms with E-state index < -0.39 is 12.0 Å². The topological polar surface area (TPSA) is 75.4 Å². The Morgan fingerprint density at radius 1 is 1.09 bits per heavy atom. The first-order valence-corrected chi connectivity index (χ1v) is 11.1. The first-order chi connectivity index (χ1) is 15.7. The monoisotopic (exact) mass is 460 g/mol. The highest BCUT2D eigenvalue weighted by molar-refractivity contribution is 5.79. The lowest BCUT2D eigenvalue weighted by Gasteiger charge is -2.32. The molecule has 3 aromatic rings. The van der Waals surface area contributed by atoms with Crippen LogP contribution in [-0.4, -0.2) is 45.4 Å². The zero-order chi connectivity index (χ0) is 23.6. The number of amides is 1. The quantitative estimate of drug-likeness (QED) is 0.604. The lowest BCUT2D eigenvalue weighted by atomic mass is 9.88. The molecule has 1 fully saturated rings. The fourth-order valence-corrected chi connectivity index (χ4v) is 4.29. The Balaban J connectivity index is 1.36. The summed E-state index contributed by atoms with van der Waals surface area (Å²) in [5.74, 6) is -0.220. The number of fused-ring (bicyclic) bond motifs is 1. The number of nitrogens with zero attached hydrogens (tertiary/aromatic N) is 5. The molecular formula is C23H27F3N6O. The lowest BCUT2D eigenvalue weighted by molar-refractivity contribution is -0.146. The number of aromatic nitrogens is 4. The van der Waals surface area contributed by atoms with Gasteiger partial charge in [0.15, 0.2) is 5.65 Å². The van der Waals surface area contributed by atoms with Gasteiger partial charge in [-0.3, -0.25) is 4.79 Å². The minimum Gasteiger partial charge on any atom is -0.355 e. The third-order valence-corrected chi connectivity index (χ3v) is 6.22. The van der Waals surface area contributed by atoms with E-state index in [9.17, 15) is 18.0 Å². The van der Waals surface area contributed by atoms with Crippen molar-refractivity contribution < 1.29 is 18.0 Å². The van der Waals surface area contributed by atoms with Gasteiger partial charge in [-0.25, -0.2) is 0 Å². The van der Waals surface area contributed by atoms with Crippen molar-refractivity contribution >= 4 is 17.4 Å². The first-order valence-electron chi connectivity index (χ1n) is 11.1. The van der Waals surface area contributed by atoms with Crippen LogP contribution in [0.2, 0.25) is 0 Å². The van der Waals surface area contributed by atoms with Crippen LogP contribution in [0.25, 0.3) is 5.65 Å². The van der Waals surface area contributed by atoms with Crippen molar-refractivity contribution in [2.24, 2.45) is 11.8 Å². The van der Waals surface area contributed by atoms with Gasteiger partial charge in [0.25, 0.3) is 5.82 Å². The summed E-state index contributed by atoms with van der Waals surface area (Å²) in [5.41, 5.74) is 1.25. The zero-order valence-corrected chi connectivity index (χ0v) is 18.6. The second-order valence-corrected chi connectivity index (χ2v) is 8.75. The van der Waals surface area contributed by atoms with E-state index in [0.29, 0.717) is 44.2 Å². The van der Waals surface area contributed by atoms with Crippen LogP contribution in [0.5, 0.6) is 0 Å². The molecule has 7 nitrogen and oxygen atoms in total. The second-order valence-electron chi connectivity index (χ2n) is 8.75. The van der Waals surface area contributed by atoms with Crippen molar-refractivity contribution in [2.75, 3.05) is 24.5 Å². The number of anilines is 1. The molecule has 0 radical (unpaired) electrons. The van der Waals surface area contributed by atoms with E-state index in [0.717, 1.165) is 4.52 Å². The third kappa shape index (κ3) is 5.09. The van der Waals surface area contributed by atoms with Crippen LogP contribution in [0.15, 0.2) is 42.5 Å². The molecule has 1 unspecified atom stereocenters. The summed E-state index contributed by atoms with van der Waals surface area (Å²) in [6.45, 7) is 5.93. The Hall–Kier alpha value is -3.17. The maximum Gasteiger partial charge on any atom is 0.453 e. The standard InChI is InChI=1S/C23H27F3N6O/c1-15(2)18(16-6-4-3-5-7-16)14-27-21(33)17-10-12-31(13-11-17)20-9-8-19-28-29-22(23(24,25)26)32(19)30-20/h3-9,15,17-18H,10-14H2,1-2H3,(H,27,33). The van der Waals surface area contributed by atoms with Gasteiger partial charge in [0.1, 0.15) is 5.82 Å². The predicted octanol–water partition coefficient (Wildman–Crippen LogP) is 3.92. The van der Waals surface area contributed by atoms with Crippen LogP contribution in [0.4, 0.5) is 19.0 Å². The number of hydrogen-bond donors (Lipinski definition) is 1. The molecule has 1 aromatic carbocycles. The van der Waals surface area contributed by atoms with Crippen LogP contribution in [0.3, 0.4) is 0 Å². The molecule has 2 aromatic heterocycles. The fraction of sp³-hybridized carbons (Fsp3) is 0.478. The minimum absolute atomic E-state index is 0.0257. The average molecular weight is 461 g/mol.